The van der Waals surface area contributed by atoms with Gasteiger partial charge in [-0.25, -0.2) is 0 Å². The minimum Gasteiger partial charge on any atom is -0.468 e. The van der Waals surface area contributed by atoms with Crippen molar-refractivity contribution in [1.82, 2.24) is 10.2 Å². The fraction of sp³-hybridized carbons (Fsp3) is 0.600. The highest BCUT2D eigenvalue weighted by atomic mass is 32.2. The zero-order chi connectivity index (χ0) is 19.1. The molecule has 1 aromatic rings. The quantitative estimate of drug-likeness (QED) is 0.556. The Kier molecular flexibility index (Phi) is 7.97. The number of amides is 1. The molecule has 0 aliphatic carbocycles. The fourth-order valence-corrected chi connectivity index (χ4v) is 3.92. The average molecular weight is 379 g/mol. The van der Waals surface area contributed by atoms with E-state index in [9.17, 15) is 9.59 Å². The van der Waals surface area contributed by atoms with E-state index in [1.54, 1.807) is 11.8 Å². The first kappa shape index (κ1) is 20.8. The fourth-order valence-electron chi connectivity index (χ4n) is 3.51. The molecule has 144 valence electrons. The smallest absolute Gasteiger partial charge is 0.323 e. The van der Waals surface area contributed by atoms with Gasteiger partial charge in [-0.1, -0.05) is 26.0 Å². The minimum absolute atomic E-state index is 0.0160. The van der Waals surface area contributed by atoms with Gasteiger partial charge in [0.2, 0.25) is 5.91 Å². The van der Waals surface area contributed by atoms with Crippen LogP contribution < -0.4 is 5.32 Å². The van der Waals surface area contributed by atoms with Crippen molar-refractivity contribution in [2.24, 2.45) is 5.92 Å². The molecule has 26 heavy (non-hydrogen) atoms. The molecule has 0 unspecified atom stereocenters. The highest BCUT2D eigenvalue weighted by Crippen LogP contribution is 2.23. The van der Waals surface area contributed by atoms with Gasteiger partial charge in [-0.3, -0.25) is 14.5 Å². The van der Waals surface area contributed by atoms with Crippen LogP contribution in [0.4, 0.5) is 0 Å². The largest absolute Gasteiger partial charge is 0.468 e. The zero-order valence-electron chi connectivity index (χ0n) is 16.2. The van der Waals surface area contributed by atoms with Gasteiger partial charge in [0.25, 0.3) is 0 Å². The third kappa shape index (κ3) is 5.24. The summed E-state index contributed by atoms with van der Waals surface area (Å²) in [5.74, 6) is -0.0977. The van der Waals surface area contributed by atoms with Crippen LogP contribution in [0.5, 0.6) is 0 Å². The number of carbonyl (C=O) groups is 2. The molecule has 1 amide bonds. The Morgan fingerprint density at radius 3 is 2.46 bits per heavy atom. The molecule has 1 heterocycles. The Labute approximate surface area is 160 Å². The van der Waals surface area contributed by atoms with Gasteiger partial charge in [-0.05, 0) is 43.2 Å². The van der Waals surface area contributed by atoms with Crippen LogP contribution in [0.3, 0.4) is 0 Å². The van der Waals surface area contributed by atoms with Crippen molar-refractivity contribution < 1.29 is 14.3 Å². The molecule has 1 aromatic carbocycles. The Bertz CT molecular complexity index is 602. The maximum absolute atomic E-state index is 12.4. The molecule has 0 spiro atoms. The summed E-state index contributed by atoms with van der Waals surface area (Å²) in [6.45, 7) is 5.40. The van der Waals surface area contributed by atoms with Gasteiger partial charge in [0, 0.05) is 29.9 Å². The van der Waals surface area contributed by atoms with Crippen molar-refractivity contribution in [3.8, 4) is 0 Å². The molecule has 2 rings (SSSR count). The van der Waals surface area contributed by atoms with E-state index in [0.717, 1.165) is 18.4 Å². The van der Waals surface area contributed by atoms with Crippen molar-refractivity contribution in [2.45, 2.75) is 56.6 Å². The van der Waals surface area contributed by atoms with Crippen LogP contribution in [0.2, 0.25) is 0 Å². The van der Waals surface area contributed by atoms with Gasteiger partial charge in [0.1, 0.15) is 6.04 Å². The Morgan fingerprint density at radius 2 is 1.92 bits per heavy atom. The normalized spacial score (nSPS) is 20.3. The molecule has 0 saturated carbocycles. The third-order valence-electron chi connectivity index (χ3n) is 5.12. The minimum atomic E-state index is -0.313. The maximum atomic E-state index is 12.4. The Balaban J connectivity index is 2.05. The van der Waals surface area contributed by atoms with E-state index >= 15 is 0 Å². The van der Waals surface area contributed by atoms with Crippen molar-refractivity contribution in [3.05, 3.63) is 29.8 Å². The first-order valence-corrected chi connectivity index (χ1v) is 10.5. The molecule has 0 aromatic heterocycles. The summed E-state index contributed by atoms with van der Waals surface area (Å²) in [5.41, 5.74) is 1.16. The summed E-state index contributed by atoms with van der Waals surface area (Å²) in [6, 6.07) is 8.04. The van der Waals surface area contributed by atoms with E-state index in [0.29, 0.717) is 19.5 Å². The number of nitrogens with zero attached hydrogens (tertiary/aromatic N) is 1. The van der Waals surface area contributed by atoms with Crippen LogP contribution in [0, 0.1) is 5.92 Å². The lowest BCUT2D eigenvalue weighted by atomic mass is 10.0. The van der Waals surface area contributed by atoms with Gasteiger partial charge in [-0.2, -0.15) is 0 Å². The molecule has 1 aliphatic heterocycles. The molecule has 0 bridgehead atoms. The van der Waals surface area contributed by atoms with Crippen molar-refractivity contribution in [3.63, 3.8) is 0 Å². The van der Waals surface area contributed by atoms with E-state index in [1.165, 1.54) is 12.0 Å². The molecular formula is C20H30N2O3S. The topological polar surface area (TPSA) is 58.6 Å². The van der Waals surface area contributed by atoms with Crippen molar-refractivity contribution >= 4 is 23.6 Å². The number of carbonyl (C=O) groups excluding carboxylic acids is 2. The SMILES string of the molecule is CCC(CC)C(=O)N[C@H]1C[C@@H](C(=O)OC)N(Cc2ccc(SC)cc2)C1. The summed E-state index contributed by atoms with van der Waals surface area (Å²) >= 11 is 1.71. The summed E-state index contributed by atoms with van der Waals surface area (Å²) < 4.78 is 4.99. The molecule has 1 fully saturated rings. The molecule has 6 heteroatoms. The second kappa shape index (κ2) is 9.97. The number of likely N-dealkylation sites (tertiary alicyclic amines) is 1. The molecule has 1 N–H and O–H groups in total. The van der Waals surface area contributed by atoms with Gasteiger partial charge in [-0.15, -0.1) is 11.8 Å². The van der Waals surface area contributed by atoms with E-state index < -0.39 is 0 Å². The molecule has 1 aliphatic rings. The molecule has 5 nitrogen and oxygen atoms in total. The third-order valence-corrected chi connectivity index (χ3v) is 5.87. The number of rotatable bonds is 8. The van der Waals surface area contributed by atoms with E-state index in [1.807, 2.05) is 13.8 Å². The lowest BCUT2D eigenvalue weighted by Gasteiger charge is -2.22. The first-order valence-electron chi connectivity index (χ1n) is 9.27. The number of methoxy groups -OCH3 is 1. The van der Waals surface area contributed by atoms with Crippen LogP contribution in [0.25, 0.3) is 0 Å². The number of hydrogen-bond donors (Lipinski definition) is 1. The number of esters is 1. The second-order valence-corrected chi connectivity index (χ2v) is 7.65. The van der Waals surface area contributed by atoms with Crippen LogP contribution >= 0.6 is 11.8 Å². The van der Waals surface area contributed by atoms with Crippen molar-refractivity contribution in [2.75, 3.05) is 19.9 Å². The molecule has 2 atom stereocenters. The highest BCUT2D eigenvalue weighted by molar-refractivity contribution is 7.98. The second-order valence-electron chi connectivity index (χ2n) is 6.77. The van der Waals surface area contributed by atoms with Gasteiger partial charge >= 0.3 is 5.97 Å². The lowest BCUT2D eigenvalue weighted by Crippen LogP contribution is -2.40. The summed E-state index contributed by atoms with van der Waals surface area (Å²) in [4.78, 5) is 27.9. The first-order chi connectivity index (χ1) is 12.5. The molecular weight excluding hydrogens is 348 g/mol. The van der Waals surface area contributed by atoms with Gasteiger partial charge in [0.05, 0.1) is 7.11 Å². The number of nitrogens with one attached hydrogen (secondary N) is 1. The van der Waals surface area contributed by atoms with E-state index in [4.69, 9.17) is 4.74 Å². The summed E-state index contributed by atoms with van der Waals surface area (Å²) in [5, 5.41) is 3.13. The number of ether oxygens (including phenoxy) is 1. The highest BCUT2D eigenvalue weighted by Gasteiger charge is 2.38. The average Bonchev–Trinajstić information content (AvgIpc) is 3.04. The Morgan fingerprint density at radius 1 is 1.27 bits per heavy atom. The van der Waals surface area contributed by atoms with Crippen molar-refractivity contribution in [1.29, 1.82) is 0 Å². The predicted octanol–water partition coefficient (Wildman–Crippen LogP) is 3.08. The molecule has 1 saturated heterocycles. The van der Waals surface area contributed by atoms with Gasteiger partial charge in [0.15, 0.2) is 0 Å². The van der Waals surface area contributed by atoms with Gasteiger partial charge < -0.3 is 10.1 Å². The zero-order valence-corrected chi connectivity index (χ0v) is 17.0. The van der Waals surface area contributed by atoms with Crippen LogP contribution in [0.15, 0.2) is 29.2 Å². The molecule has 0 radical (unpaired) electrons. The van der Waals surface area contributed by atoms with E-state index in [2.05, 4.69) is 40.7 Å². The monoisotopic (exact) mass is 378 g/mol. The summed E-state index contributed by atoms with van der Waals surface area (Å²) in [7, 11) is 1.42. The van der Waals surface area contributed by atoms with Crippen LogP contribution in [-0.2, 0) is 20.9 Å². The lowest BCUT2D eigenvalue weighted by molar-refractivity contribution is -0.146. The van der Waals surface area contributed by atoms with Crippen LogP contribution in [0.1, 0.15) is 38.7 Å². The predicted molar refractivity (Wildman–Crippen MR) is 105 cm³/mol. The van der Waals surface area contributed by atoms with E-state index in [-0.39, 0.29) is 29.9 Å². The number of thioether (sulfide) groups is 1. The number of hydrogen-bond acceptors (Lipinski definition) is 5. The standard InChI is InChI=1S/C20H30N2O3S/c1-5-15(6-2)19(23)21-16-11-18(20(24)25-3)22(13-16)12-14-7-9-17(26-4)10-8-14/h7-10,15-16,18H,5-6,11-13H2,1-4H3,(H,21,23)/t16-,18-/m0/s1. The Hall–Kier alpha value is -1.53. The van der Waals surface area contributed by atoms with Crippen LogP contribution in [-0.4, -0.2) is 48.8 Å². The number of benzene rings is 1. The summed E-state index contributed by atoms with van der Waals surface area (Å²) in [6.07, 6.45) is 4.32. The maximum Gasteiger partial charge on any atom is 0.323 e.